The molecule has 1 aromatic carbocycles. The zero-order valence-electron chi connectivity index (χ0n) is 15.3. The van der Waals surface area contributed by atoms with E-state index in [0.29, 0.717) is 37.1 Å². The van der Waals surface area contributed by atoms with E-state index in [4.69, 9.17) is 4.74 Å². The molecule has 3 rings (SSSR count). The predicted octanol–water partition coefficient (Wildman–Crippen LogP) is 4.24. The number of nitrogens with zero attached hydrogens (tertiary/aromatic N) is 2. The van der Waals surface area contributed by atoms with Gasteiger partial charge in [0.05, 0.1) is 11.5 Å². The van der Waals surface area contributed by atoms with Gasteiger partial charge in [-0.25, -0.2) is 4.79 Å². The van der Waals surface area contributed by atoms with E-state index in [0.717, 1.165) is 5.56 Å². The molecule has 2 aromatic rings. The van der Waals surface area contributed by atoms with Crippen LogP contribution in [0.25, 0.3) is 0 Å². The molecule has 0 saturated heterocycles. The van der Waals surface area contributed by atoms with E-state index in [1.165, 1.54) is 11.3 Å². The van der Waals surface area contributed by atoms with Gasteiger partial charge in [-0.3, -0.25) is 0 Å². The van der Waals surface area contributed by atoms with Crippen molar-refractivity contribution in [2.75, 3.05) is 20.6 Å². The van der Waals surface area contributed by atoms with Crippen molar-refractivity contribution in [1.82, 2.24) is 4.90 Å². The lowest BCUT2D eigenvalue weighted by Gasteiger charge is -2.44. The van der Waals surface area contributed by atoms with E-state index in [9.17, 15) is 10.1 Å². The molecular formula is C21H24N2O2S. The molecule has 1 aliphatic rings. The summed E-state index contributed by atoms with van der Waals surface area (Å²) in [7, 11) is 3.98. The molecular weight excluding hydrogens is 344 g/mol. The highest BCUT2D eigenvalue weighted by molar-refractivity contribution is 7.11. The third-order valence-corrected chi connectivity index (χ3v) is 6.04. The Bertz CT molecular complexity index is 770. The number of carbonyl (C=O) groups is 1. The van der Waals surface area contributed by atoms with Crippen molar-refractivity contribution in [2.24, 2.45) is 0 Å². The number of carbonyl (C=O) groups excluding carboxylic acids is 1. The quantitative estimate of drug-likeness (QED) is 0.741. The number of esters is 1. The van der Waals surface area contributed by atoms with Crippen LogP contribution in [-0.2, 0) is 10.2 Å². The summed E-state index contributed by atoms with van der Waals surface area (Å²) >= 11 is 1.40. The minimum atomic E-state index is -0.542. The average Bonchev–Trinajstić information content (AvgIpc) is 3.18. The van der Waals surface area contributed by atoms with Crippen LogP contribution in [0, 0.1) is 11.3 Å². The van der Waals surface area contributed by atoms with Gasteiger partial charge in [0.2, 0.25) is 0 Å². The van der Waals surface area contributed by atoms with Gasteiger partial charge < -0.3 is 9.64 Å². The normalized spacial score (nSPS) is 25.6. The van der Waals surface area contributed by atoms with Crippen LogP contribution in [0.2, 0.25) is 0 Å². The van der Waals surface area contributed by atoms with Crippen LogP contribution in [0.1, 0.15) is 40.9 Å². The first-order valence-electron chi connectivity index (χ1n) is 8.87. The number of hydrogen-bond acceptors (Lipinski definition) is 5. The number of hydrogen-bond donors (Lipinski definition) is 0. The summed E-state index contributed by atoms with van der Waals surface area (Å²) in [5.74, 6) is -0.258. The molecule has 26 heavy (non-hydrogen) atoms. The zero-order chi connectivity index (χ0) is 18.6. The number of thiophene rings is 1. The van der Waals surface area contributed by atoms with Gasteiger partial charge in [0.15, 0.2) is 0 Å². The molecule has 1 fully saturated rings. The molecule has 1 aliphatic carbocycles. The second-order valence-corrected chi connectivity index (χ2v) is 8.30. The molecule has 1 aromatic heterocycles. The van der Waals surface area contributed by atoms with Crippen LogP contribution < -0.4 is 0 Å². The minimum Gasteiger partial charge on any atom is -0.454 e. The van der Waals surface area contributed by atoms with Gasteiger partial charge in [0.1, 0.15) is 10.5 Å². The SMILES string of the molecule is CN(C)CC1(OC(=O)c2cccs2)CCC(C#N)(c2ccccc2)CC1. The summed E-state index contributed by atoms with van der Waals surface area (Å²) in [5, 5.41) is 11.8. The number of likely N-dealkylation sites (N-methyl/N-ethyl adjacent to an activating group) is 1. The molecule has 5 heteroatoms. The van der Waals surface area contributed by atoms with E-state index in [2.05, 4.69) is 11.0 Å². The van der Waals surface area contributed by atoms with Crippen molar-refractivity contribution in [3.05, 3.63) is 58.3 Å². The fourth-order valence-electron chi connectivity index (χ4n) is 3.87. The molecule has 4 nitrogen and oxygen atoms in total. The van der Waals surface area contributed by atoms with Crippen LogP contribution >= 0.6 is 11.3 Å². The smallest absolute Gasteiger partial charge is 0.348 e. The largest absolute Gasteiger partial charge is 0.454 e. The Morgan fingerprint density at radius 1 is 1.15 bits per heavy atom. The van der Waals surface area contributed by atoms with Gasteiger partial charge in [0.25, 0.3) is 0 Å². The highest BCUT2D eigenvalue weighted by Crippen LogP contribution is 2.45. The maximum absolute atomic E-state index is 12.6. The summed E-state index contributed by atoms with van der Waals surface area (Å²) in [5.41, 5.74) is 0.0251. The Kier molecular flexibility index (Phi) is 5.45. The molecule has 0 atom stereocenters. The topological polar surface area (TPSA) is 53.3 Å². The number of nitriles is 1. The van der Waals surface area contributed by atoms with Crippen LogP contribution in [0.3, 0.4) is 0 Å². The minimum absolute atomic E-state index is 0.258. The summed E-state index contributed by atoms with van der Waals surface area (Å²) in [6.45, 7) is 0.667. The van der Waals surface area contributed by atoms with Crippen LogP contribution in [0.15, 0.2) is 47.8 Å². The lowest BCUT2D eigenvalue weighted by atomic mass is 9.66. The maximum atomic E-state index is 12.6. The summed E-state index contributed by atoms with van der Waals surface area (Å²) in [6, 6.07) is 16.2. The number of rotatable bonds is 5. The average molecular weight is 369 g/mol. The van der Waals surface area contributed by atoms with E-state index >= 15 is 0 Å². The van der Waals surface area contributed by atoms with E-state index in [1.54, 1.807) is 6.07 Å². The zero-order valence-corrected chi connectivity index (χ0v) is 16.1. The van der Waals surface area contributed by atoms with Crippen molar-refractivity contribution in [2.45, 2.75) is 36.7 Å². The fourth-order valence-corrected chi connectivity index (χ4v) is 4.46. The highest BCUT2D eigenvalue weighted by atomic mass is 32.1. The second-order valence-electron chi connectivity index (χ2n) is 7.35. The van der Waals surface area contributed by atoms with E-state index in [1.807, 2.05) is 55.9 Å². The lowest BCUT2D eigenvalue weighted by Crippen LogP contribution is -2.49. The molecule has 0 radical (unpaired) electrons. The van der Waals surface area contributed by atoms with Crippen molar-refractivity contribution in [1.29, 1.82) is 5.26 Å². The van der Waals surface area contributed by atoms with Gasteiger partial charge in [-0.05, 0) is 56.8 Å². The number of benzene rings is 1. The number of ether oxygens (including phenoxy) is 1. The Hall–Kier alpha value is -2.16. The first kappa shape index (κ1) is 18.6. The van der Waals surface area contributed by atoms with Gasteiger partial charge in [0, 0.05) is 6.54 Å². The third-order valence-electron chi connectivity index (χ3n) is 5.19. The molecule has 136 valence electrons. The highest BCUT2D eigenvalue weighted by Gasteiger charge is 2.46. The maximum Gasteiger partial charge on any atom is 0.348 e. The van der Waals surface area contributed by atoms with Crippen molar-refractivity contribution < 1.29 is 9.53 Å². The Balaban J connectivity index is 1.81. The molecule has 1 heterocycles. The fraction of sp³-hybridized carbons (Fsp3) is 0.429. The van der Waals surface area contributed by atoms with Gasteiger partial charge >= 0.3 is 5.97 Å². The monoisotopic (exact) mass is 368 g/mol. The van der Waals surface area contributed by atoms with Gasteiger partial charge in [-0.2, -0.15) is 5.26 Å². The van der Waals surface area contributed by atoms with Gasteiger partial charge in [-0.15, -0.1) is 11.3 Å². The standard InChI is InChI=1S/C21H24N2O2S/c1-23(2)16-21(25-19(24)18-9-6-14-26-18)12-10-20(15-22,11-13-21)17-7-4-3-5-8-17/h3-9,14H,10-13,16H2,1-2H3. The molecule has 0 unspecified atom stereocenters. The Morgan fingerprint density at radius 3 is 2.38 bits per heavy atom. The molecule has 0 bridgehead atoms. The Morgan fingerprint density at radius 2 is 1.85 bits per heavy atom. The summed E-state index contributed by atoms with van der Waals surface area (Å²) < 4.78 is 6.03. The van der Waals surface area contributed by atoms with Crippen molar-refractivity contribution >= 4 is 17.3 Å². The van der Waals surface area contributed by atoms with Gasteiger partial charge in [-0.1, -0.05) is 36.4 Å². The van der Waals surface area contributed by atoms with Crippen LogP contribution in [0.4, 0.5) is 0 Å². The molecule has 0 aliphatic heterocycles. The molecule has 0 spiro atoms. The second kappa shape index (κ2) is 7.61. The molecule has 0 N–H and O–H groups in total. The summed E-state index contributed by atoms with van der Waals surface area (Å²) in [6.07, 6.45) is 2.76. The molecule has 1 saturated carbocycles. The third kappa shape index (κ3) is 3.82. The first-order valence-corrected chi connectivity index (χ1v) is 9.75. The van der Waals surface area contributed by atoms with Crippen molar-refractivity contribution in [3.63, 3.8) is 0 Å². The first-order chi connectivity index (χ1) is 12.5. The lowest BCUT2D eigenvalue weighted by molar-refractivity contribution is -0.0556. The van der Waals surface area contributed by atoms with Crippen LogP contribution in [0.5, 0.6) is 0 Å². The van der Waals surface area contributed by atoms with E-state index < -0.39 is 11.0 Å². The van der Waals surface area contributed by atoms with Crippen molar-refractivity contribution in [3.8, 4) is 6.07 Å². The van der Waals surface area contributed by atoms with Crippen LogP contribution in [-0.4, -0.2) is 37.1 Å². The summed E-state index contributed by atoms with van der Waals surface area (Å²) in [4.78, 5) is 15.3. The Labute approximate surface area is 159 Å². The molecule has 0 amide bonds. The van der Waals surface area contributed by atoms with E-state index in [-0.39, 0.29) is 5.97 Å². The predicted molar refractivity (Wildman–Crippen MR) is 103 cm³/mol.